The Hall–Kier alpha value is -0.222. The summed E-state index contributed by atoms with van der Waals surface area (Å²) < 4.78 is 11.5. The van der Waals surface area contributed by atoms with Crippen molar-refractivity contribution in [3.63, 3.8) is 0 Å². The van der Waals surface area contributed by atoms with Crippen LogP contribution in [0, 0.1) is 0 Å². The SMILES string of the molecule is O=C(O)CI.O=[AsH2]c1ccccc1. The molecule has 0 saturated heterocycles. The van der Waals surface area contributed by atoms with Crippen LogP contribution in [-0.2, 0) is 8.53 Å². The molecular formula is C8H10AsIO3. The molecule has 0 bridgehead atoms. The Labute approximate surface area is 96.6 Å². The number of carboxylic acids is 1. The zero-order valence-corrected chi connectivity index (χ0v) is 11.4. The van der Waals surface area contributed by atoms with Gasteiger partial charge >= 0.3 is 60.1 Å². The quantitative estimate of drug-likeness (QED) is 0.472. The summed E-state index contributed by atoms with van der Waals surface area (Å²) in [7, 11) is 0. The maximum absolute atomic E-state index is 10.3. The zero-order chi connectivity index (χ0) is 10.1. The van der Waals surface area contributed by atoms with Crippen molar-refractivity contribution in [1.29, 1.82) is 0 Å². The Morgan fingerprint density at radius 2 is 1.85 bits per heavy atom. The van der Waals surface area contributed by atoms with Crippen molar-refractivity contribution in [3.8, 4) is 0 Å². The van der Waals surface area contributed by atoms with Gasteiger partial charge in [-0.2, -0.15) is 0 Å². The molecule has 0 aliphatic heterocycles. The third-order valence-electron chi connectivity index (χ3n) is 1.05. The number of hydrogen-bond donors (Lipinski definition) is 1. The number of rotatable bonds is 2. The van der Waals surface area contributed by atoms with Crippen LogP contribution in [0.2, 0.25) is 0 Å². The van der Waals surface area contributed by atoms with Gasteiger partial charge < -0.3 is 5.11 Å². The fraction of sp³-hybridized carbons (Fsp3) is 0.125. The Morgan fingerprint density at radius 1 is 1.38 bits per heavy atom. The van der Waals surface area contributed by atoms with Crippen molar-refractivity contribution < 1.29 is 13.6 Å². The topological polar surface area (TPSA) is 54.4 Å². The molecule has 3 nitrogen and oxygen atoms in total. The van der Waals surface area contributed by atoms with Crippen LogP contribution in [0.5, 0.6) is 0 Å². The van der Waals surface area contributed by atoms with Gasteiger partial charge in [-0.25, -0.2) is 0 Å². The second-order valence-electron chi connectivity index (χ2n) is 2.06. The van der Waals surface area contributed by atoms with E-state index < -0.39 is 21.7 Å². The molecule has 13 heavy (non-hydrogen) atoms. The average molecular weight is 356 g/mol. The van der Waals surface area contributed by atoms with E-state index in [1.165, 1.54) is 0 Å². The Balaban J connectivity index is 0.000000252. The fourth-order valence-electron chi connectivity index (χ4n) is 0.532. The number of carbonyl (C=O) groups is 1. The molecule has 0 aliphatic carbocycles. The van der Waals surface area contributed by atoms with Crippen molar-refractivity contribution in [2.75, 3.05) is 4.43 Å². The molecule has 0 amide bonds. The van der Waals surface area contributed by atoms with Crippen molar-refractivity contribution in [3.05, 3.63) is 30.3 Å². The summed E-state index contributed by atoms with van der Waals surface area (Å²) in [5.41, 5.74) is 0. The first-order chi connectivity index (χ1) is 6.20. The predicted molar refractivity (Wildman–Crippen MR) is 61.8 cm³/mol. The normalized spacial score (nSPS) is 9.31. The fourth-order valence-corrected chi connectivity index (χ4v) is 1.33. The van der Waals surface area contributed by atoms with Gasteiger partial charge in [0.05, 0.1) is 4.43 Å². The van der Waals surface area contributed by atoms with Gasteiger partial charge in [0.1, 0.15) is 0 Å². The second kappa shape index (κ2) is 8.38. The number of alkyl halides is 1. The van der Waals surface area contributed by atoms with E-state index >= 15 is 0 Å². The van der Waals surface area contributed by atoms with E-state index in [9.17, 15) is 8.53 Å². The summed E-state index contributed by atoms with van der Waals surface area (Å²) in [5.74, 6) is -0.759. The van der Waals surface area contributed by atoms with Gasteiger partial charge in [-0.1, -0.05) is 22.6 Å². The first-order valence-electron chi connectivity index (χ1n) is 3.48. The van der Waals surface area contributed by atoms with Crippen molar-refractivity contribution >= 4 is 48.6 Å². The maximum atomic E-state index is 10.3. The van der Waals surface area contributed by atoms with E-state index in [0.717, 1.165) is 4.35 Å². The average Bonchev–Trinajstić information content (AvgIpc) is 2.20. The molecule has 0 aromatic heterocycles. The zero-order valence-electron chi connectivity index (χ0n) is 6.81. The van der Waals surface area contributed by atoms with E-state index in [1.807, 2.05) is 30.3 Å². The molecule has 1 aromatic rings. The number of halogens is 1. The van der Waals surface area contributed by atoms with Crippen LogP contribution in [0.15, 0.2) is 30.3 Å². The van der Waals surface area contributed by atoms with Gasteiger partial charge in [0.2, 0.25) is 0 Å². The molecule has 1 rings (SSSR count). The Morgan fingerprint density at radius 3 is 2.08 bits per heavy atom. The molecule has 1 unspecified atom stereocenters. The molecule has 0 aliphatic rings. The van der Waals surface area contributed by atoms with Crippen LogP contribution >= 0.6 is 22.6 Å². The van der Waals surface area contributed by atoms with Crippen LogP contribution < -0.4 is 4.35 Å². The van der Waals surface area contributed by atoms with E-state index in [2.05, 4.69) is 0 Å². The number of benzene rings is 1. The minimum atomic E-state index is -1.29. The summed E-state index contributed by atoms with van der Waals surface area (Å²) in [6.07, 6.45) is 0. The number of hydrogen-bond acceptors (Lipinski definition) is 2. The monoisotopic (exact) mass is 356 g/mol. The van der Waals surface area contributed by atoms with E-state index in [1.54, 1.807) is 22.6 Å². The van der Waals surface area contributed by atoms with Crippen molar-refractivity contribution in [2.45, 2.75) is 0 Å². The molecule has 1 atom stereocenters. The van der Waals surface area contributed by atoms with E-state index in [0.29, 0.717) is 0 Å². The van der Waals surface area contributed by atoms with Gasteiger partial charge in [0.15, 0.2) is 0 Å². The van der Waals surface area contributed by atoms with Gasteiger partial charge in [-0.05, 0) is 0 Å². The van der Waals surface area contributed by atoms with Gasteiger partial charge in [-0.15, -0.1) is 0 Å². The van der Waals surface area contributed by atoms with E-state index in [4.69, 9.17) is 5.11 Å². The molecule has 0 fully saturated rings. The summed E-state index contributed by atoms with van der Waals surface area (Å²) in [5, 5.41) is 7.71. The predicted octanol–water partition coefficient (Wildman–Crippen LogP) is 0.332. The summed E-state index contributed by atoms with van der Waals surface area (Å²) in [6.45, 7) is 0. The molecule has 1 N–H and O–H groups in total. The van der Waals surface area contributed by atoms with Crippen LogP contribution in [0.4, 0.5) is 0 Å². The third kappa shape index (κ3) is 8.12. The summed E-state index contributed by atoms with van der Waals surface area (Å²) >= 11 is 0.488. The first-order valence-corrected chi connectivity index (χ1v) is 7.21. The third-order valence-corrected chi connectivity index (χ3v) is 3.08. The van der Waals surface area contributed by atoms with Crippen LogP contribution in [0.3, 0.4) is 0 Å². The molecule has 1 aromatic carbocycles. The van der Waals surface area contributed by atoms with Gasteiger partial charge in [0, 0.05) is 0 Å². The molecule has 72 valence electrons. The molecule has 0 saturated carbocycles. The number of carboxylic acid groups (broad SMARTS) is 1. The molecule has 0 radical (unpaired) electrons. The second-order valence-corrected chi connectivity index (χ2v) is 4.71. The van der Waals surface area contributed by atoms with Crippen LogP contribution in [0.1, 0.15) is 0 Å². The first kappa shape index (κ1) is 12.8. The van der Waals surface area contributed by atoms with Crippen molar-refractivity contribution in [1.82, 2.24) is 0 Å². The molecule has 0 spiro atoms. The molecular weight excluding hydrogens is 346 g/mol. The standard InChI is InChI=1S/C6H7AsO.C2H3IO2/c8-7-6-4-2-1-3-5-6;3-1-2(4)5/h1-5H,7H2;1H2,(H,4,5). The van der Waals surface area contributed by atoms with Gasteiger partial charge in [0.25, 0.3) is 0 Å². The molecule has 0 heterocycles. The molecule has 5 heteroatoms. The number of aliphatic carboxylic acids is 1. The summed E-state index contributed by atoms with van der Waals surface area (Å²) in [6, 6.07) is 9.53. The summed E-state index contributed by atoms with van der Waals surface area (Å²) in [4.78, 5) is 9.36. The Kier molecular flexibility index (Phi) is 8.24. The van der Waals surface area contributed by atoms with Crippen LogP contribution in [0.25, 0.3) is 0 Å². The van der Waals surface area contributed by atoms with Gasteiger partial charge in [-0.3, -0.25) is 4.79 Å². The minimum absolute atomic E-state index is 0.192. The van der Waals surface area contributed by atoms with E-state index in [-0.39, 0.29) is 4.43 Å². The van der Waals surface area contributed by atoms with Crippen LogP contribution in [-0.4, -0.2) is 31.2 Å². The Bertz CT molecular complexity index is 263. The van der Waals surface area contributed by atoms with Crippen molar-refractivity contribution in [2.24, 2.45) is 0 Å².